The van der Waals surface area contributed by atoms with Gasteiger partial charge in [-0.15, -0.1) is 0 Å². The Kier molecular flexibility index (Phi) is 3.96. The van der Waals surface area contributed by atoms with Crippen LogP contribution in [0.1, 0.15) is 47.0 Å². The first-order valence-electron chi connectivity index (χ1n) is 5.77. The van der Waals surface area contributed by atoms with Gasteiger partial charge in [-0.1, -0.05) is 25.5 Å². The van der Waals surface area contributed by atoms with Gasteiger partial charge in [0.1, 0.15) is 0 Å². The van der Waals surface area contributed by atoms with Crippen molar-refractivity contribution in [1.82, 2.24) is 0 Å². The highest BCUT2D eigenvalue weighted by Gasteiger charge is 2.24. The molecule has 0 saturated carbocycles. The Morgan fingerprint density at radius 1 is 1.47 bits per heavy atom. The molecule has 88 valence electrons. The summed E-state index contributed by atoms with van der Waals surface area (Å²) in [6.07, 6.45) is 5.73. The highest BCUT2D eigenvalue weighted by Crippen LogP contribution is 2.37. The Labute approximate surface area is 93.3 Å². The molecule has 1 N–H and O–H groups in total. The molecule has 1 rings (SSSR count). The molecule has 15 heavy (non-hydrogen) atoms. The lowest BCUT2D eigenvalue weighted by atomic mass is 9.89. The maximum Gasteiger partial charge on any atom is 0.0856 e. The molecule has 0 aromatic heterocycles. The molecule has 1 aliphatic carbocycles. The van der Waals surface area contributed by atoms with Gasteiger partial charge in [0.2, 0.25) is 0 Å². The Morgan fingerprint density at radius 3 is 2.60 bits per heavy atom. The van der Waals surface area contributed by atoms with Gasteiger partial charge in [-0.3, -0.25) is 0 Å². The van der Waals surface area contributed by atoms with Crippen molar-refractivity contribution in [3.63, 3.8) is 0 Å². The second-order valence-electron chi connectivity index (χ2n) is 5.92. The van der Waals surface area contributed by atoms with Crippen molar-refractivity contribution in [2.24, 2.45) is 5.41 Å². The highest BCUT2D eigenvalue weighted by molar-refractivity contribution is 5.13. The SMILES string of the molecule is CC1(C)CC=C(CCOC(C)(C)CO)C1. The van der Waals surface area contributed by atoms with Crippen LogP contribution < -0.4 is 0 Å². The van der Waals surface area contributed by atoms with Crippen LogP contribution in [0.4, 0.5) is 0 Å². The zero-order chi connectivity index (χ0) is 11.5. The monoisotopic (exact) mass is 212 g/mol. The fourth-order valence-corrected chi connectivity index (χ4v) is 1.87. The topological polar surface area (TPSA) is 29.5 Å². The largest absolute Gasteiger partial charge is 0.393 e. The number of rotatable bonds is 5. The van der Waals surface area contributed by atoms with Crippen molar-refractivity contribution in [2.45, 2.75) is 52.6 Å². The number of ether oxygens (including phenoxy) is 1. The minimum Gasteiger partial charge on any atom is -0.393 e. The number of aliphatic hydroxyl groups excluding tert-OH is 1. The molecule has 2 heteroatoms. The molecule has 1 aliphatic rings. The average Bonchev–Trinajstić information content (AvgIpc) is 2.45. The predicted octanol–water partition coefficient (Wildman–Crippen LogP) is 2.91. The molecule has 2 nitrogen and oxygen atoms in total. The van der Waals surface area contributed by atoms with Crippen molar-refractivity contribution < 1.29 is 9.84 Å². The van der Waals surface area contributed by atoms with E-state index in [1.54, 1.807) is 0 Å². The van der Waals surface area contributed by atoms with Gasteiger partial charge in [0.25, 0.3) is 0 Å². The van der Waals surface area contributed by atoms with Gasteiger partial charge in [0, 0.05) is 0 Å². The first kappa shape index (κ1) is 12.7. The van der Waals surface area contributed by atoms with Gasteiger partial charge in [0.15, 0.2) is 0 Å². The molecule has 0 heterocycles. The fraction of sp³-hybridized carbons (Fsp3) is 0.846. The van der Waals surface area contributed by atoms with E-state index in [9.17, 15) is 0 Å². The molecular weight excluding hydrogens is 188 g/mol. The fourth-order valence-electron chi connectivity index (χ4n) is 1.87. The number of hydrogen-bond donors (Lipinski definition) is 1. The van der Waals surface area contributed by atoms with Crippen LogP contribution in [0, 0.1) is 5.41 Å². The van der Waals surface area contributed by atoms with Crippen LogP contribution in [0.25, 0.3) is 0 Å². The second kappa shape index (κ2) is 4.67. The molecule has 0 unspecified atom stereocenters. The average molecular weight is 212 g/mol. The quantitative estimate of drug-likeness (QED) is 0.710. The van der Waals surface area contributed by atoms with Gasteiger partial charge in [-0.25, -0.2) is 0 Å². The van der Waals surface area contributed by atoms with Crippen LogP contribution in [0.2, 0.25) is 0 Å². The summed E-state index contributed by atoms with van der Waals surface area (Å²) in [5.74, 6) is 0. The molecule has 0 atom stereocenters. The molecule has 0 spiro atoms. The normalized spacial score (nSPS) is 20.5. The summed E-state index contributed by atoms with van der Waals surface area (Å²) in [6, 6.07) is 0. The lowest BCUT2D eigenvalue weighted by Crippen LogP contribution is -2.29. The Bertz CT molecular complexity index is 239. The molecule has 0 bridgehead atoms. The zero-order valence-corrected chi connectivity index (χ0v) is 10.5. The Morgan fingerprint density at radius 2 is 2.13 bits per heavy atom. The second-order valence-corrected chi connectivity index (χ2v) is 5.92. The first-order chi connectivity index (χ1) is 6.85. The molecule has 0 saturated heterocycles. The summed E-state index contributed by atoms with van der Waals surface area (Å²) >= 11 is 0. The van der Waals surface area contributed by atoms with Gasteiger partial charge < -0.3 is 9.84 Å². The third kappa shape index (κ3) is 4.35. The molecule has 0 fully saturated rings. The van der Waals surface area contributed by atoms with Gasteiger partial charge in [0.05, 0.1) is 18.8 Å². The molecule has 0 aromatic rings. The zero-order valence-electron chi connectivity index (χ0n) is 10.5. The minimum atomic E-state index is -0.394. The van der Waals surface area contributed by atoms with Crippen LogP contribution in [0.5, 0.6) is 0 Å². The molecule has 0 aromatic carbocycles. The van der Waals surface area contributed by atoms with E-state index in [0.717, 1.165) is 13.0 Å². The van der Waals surface area contributed by atoms with E-state index in [0.29, 0.717) is 5.41 Å². The summed E-state index contributed by atoms with van der Waals surface area (Å²) in [4.78, 5) is 0. The van der Waals surface area contributed by atoms with Gasteiger partial charge >= 0.3 is 0 Å². The molecular formula is C13H24O2. The Balaban J connectivity index is 2.23. The maximum atomic E-state index is 9.03. The highest BCUT2D eigenvalue weighted by atomic mass is 16.5. The summed E-state index contributed by atoms with van der Waals surface area (Å²) in [5, 5.41) is 9.03. The van der Waals surface area contributed by atoms with Crippen molar-refractivity contribution in [2.75, 3.05) is 13.2 Å². The van der Waals surface area contributed by atoms with E-state index in [-0.39, 0.29) is 6.61 Å². The Hall–Kier alpha value is -0.340. The van der Waals surface area contributed by atoms with E-state index in [2.05, 4.69) is 19.9 Å². The van der Waals surface area contributed by atoms with Crippen LogP contribution in [-0.2, 0) is 4.74 Å². The van der Waals surface area contributed by atoms with Crippen molar-refractivity contribution in [1.29, 1.82) is 0 Å². The number of aliphatic hydroxyl groups is 1. The standard InChI is InChI=1S/C13H24O2/c1-12(2)7-5-11(9-12)6-8-15-13(3,4)10-14/h5,14H,6-10H2,1-4H3. The summed E-state index contributed by atoms with van der Waals surface area (Å²) in [6.45, 7) is 9.23. The molecule has 0 aliphatic heterocycles. The molecule has 0 radical (unpaired) electrons. The maximum absolute atomic E-state index is 9.03. The smallest absolute Gasteiger partial charge is 0.0856 e. The van der Waals surface area contributed by atoms with E-state index < -0.39 is 5.60 Å². The lowest BCUT2D eigenvalue weighted by Gasteiger charge is -2.23. The van der Waals surface area contributed by atoms with Crippen molar-refractivity contribution >= 4 is 0 Å². The van der Waals surface area contributed by atoms with Crippen LogP contribution in [0.15, 0.2) is 11.6 Å². The lowest BCUT2D eigenvalue weighted by molar-refractivity contribution is -0.0522. The third-order valence-corrected chi connectivity index (χ3v) is 2.95. The first-order valence-corrected chi connectivity index (χ1v) is 5.77. The number of allylic oxidation sites excluding steroid dienone is 1. The van der Waals surface area contributed by atoms with Gasteiger partial charge in [-0.2, -0.15) is 0 Å². The van der Waals surface area contributed by atoms with Crippen molar-refractivity contribution in [3.8, 4) is 0 Å². The van der Waals surface area contributed by atoms with Crippen LogP contribution >= 0.6 is 0 Å². The third-order valence-electron chi connectivity index (χ3n) is 2.95. The van der Waals surface area contributed by atoms with E-state index >= 15 is 0 Å². The van der Waals surface area contributed by atoms with E-state index in [1.807, 2.05) is 13.8 Å². The molecule has 0 amide bonds. The van der Waals surface area contributed by atoms with Gasteiger partial charge in [-0.05, 0) is 38.5 Å². The minimum absolute atomic E-state index is 0.0809. The van der Waals surface area contributed by atoms with Crippen molar-refractivity contribution in [3.05, 3.63) is 11.6 Å². The summed E-state index contributed by atoms with van der Waals surface area (Å²) in [7, 11) is 0. The predicted molar refractivity (Wildman–Crippen MR) is 62.8 cm³/mol. The van der Waals surface area contributed by atoms with Crippen LogP contribution in [-0.4, -0.2) is 23.9 Å². The summed E-state index contributed by atoms with van der Waals surface area (Å²) < 4.78 is 5.62. The van der Waals surface area contributed by atoms with E-state index in [4.69, 9.17) is 9.84 Å². The van der Waals surface area contributed by atoms with Crippen LogP contribution in [0.3, 0.4) is 0 Å². The summed E-state index contributed by atoms with van der Waals surface area (Å²) in [5.41, 5.74) is 1.56. The van der Waals surface area contributed by atoms with E-state index in [1.165, 1.54) is 18.4 Å². The number of hydrogen-bond acceptors (Lipinski definition) is 2.